The molecule has 0 saturated heterocycles. The Morgan fingerprint density at radius 2 is 2.27 bits per heavy atom. The van der Waals surface area contributed by atoms with Crippen LogP contribution in [0.2, 0.25) is 0 Å². The molecule has 15 heavy (non-hydrogen) atoms. The van der Waals surface area contributed by atoms with Crippen LogP contribution < -0.4 is 5.73 Å². The highest BCUT2D eigenvalue weighted by Crippen LogP contribution is 2.48. The third-order valence-corrected chi connectivity index (χ3v) is 4.10. The van der Waals surface area contributed by atoms with Gasteiger partial charge >= 0.3 is 0 Å². The summed E-state index contributed by atoms with van der Waals surface area (Å²) in [5.41, 5.74) is 5.62. The predicted molar refractivity (Wildman–Crippen MR) is 60.0 cm³/mol. The van der Waals surface area contributed by atoms with E-state index in [4.69, 9.17) is 11.0 Å². The summed E-state index contributed by atoms with van der Waals surface area (Å²) in [5.74, 6) is 2.86. The summed E-state index contributed by atoms with van der Waals surface area (Å²) in [6.45, 7) is 1.85. The summed E-state index contributed by atoms with van der Waals surface area (Å²) < 4.78 is 0. The van der Waals surface area contributed by atoms with Crippen molar-refractivity contribution in [2.45, 2.75) is 31.7 Å². The van der Waals surface area contributed by atoms with Gasteiger partial charge in [-0.25, -0.2) is 0 Å². The fourth-order valence-corrected chi connectivity index (χ4v) is 3.45. The monoisotopic (exact) mass is 207 g/mol. The lowest BCUT2D eigenvalue weighted by atomic mass is 9.88. The fourth-order valence-electron chi connectivity index (χ4n) is 3.45. The highest BCUT2D eigenvalue weighted by atomic mass is 15.1. The SMILES string of the molecule is CN(CC(N)C#N)CC1CC2CCC1C2. The summed E-state index contributed by atoms with van der Waals surface area (Å²) in [5, 5.41) is 8.65. The van der Waals surface area contributed by atoms with E-state index in [2.05, 4.69) is 18.0 Å². The molecule has 0 heterocycles. The van der Waals surface area contributed by atoms with E-state index in [9.17, 15) is 0 Å². The third kappa shape index (κ3) is 2.50. The number of likely N-dealkylation sites (N-methyl/N-ethyl adjacent to an activating group) is 1. The topological polar surface area (TPSA) is 53.0 Å². The Bertz CT molecular complexity index is 258. The summed E-state index contributed by atoms with van der Waals surface area (Å²) in [6, 6.07) is 1.77. The quantitative estimate of drug-likeness (QED) is 0.753. The van der Waals surface area contributed by atoms with Gasteiger partial charge in [0.2, 0.25) is 0 Å². The van der Waals surface area contributed by atoms with Crippen LogP contribution in [0.5, 0.6) is 0 Å². The van der Waals surface area contributed by atoms with Crippen molar-refractivity contribution >= 4 is 0 Å². The molecular weight excluding hydrogens is 186 g/mol. The van der Waals surface area contributed by atoms with E-state index >= 15 is 0 Å². The fraction of sp³-hybridized carbons (Fsp3) is 0.917. The van der Waals surface area contributed by atoms with Gasteiger partial charge in [0.25, 0.3) is 0 Å². The number of nitrogens with two attached hydrogens (primary N) is 1. The van der Waals surface area contributed by atoms with Crippen molar-refractivity contribution in [2.75, 3.05) is 20.1 Å². The number of fused-ring (bicyclic) bond motifs is 2. The minimum Gasteiger partial charge on any atom is -0.315 e. The highest BCUT2D eigenvalue weighted by molar-refractivity contribution is 4.93. The molecule has 84 valence electrons. The van der Waals surface area contributed by atoms with E-state index in [1.165, 1.54) is 25.7 Å². The Balaban J connectivity index is 1.75. The lowest BCUT2D eigenvalue weighted by Gasteiger charge is -2.27. The van der Waals surface area contributed by atoms with Crippen molar-refractivity contribution in [2.24, 2.45) is 23.5 Å². The maximum atomic E-state index is 8.65. The van der Waals surface area contributed by atoms with Crippen molar-refractivity contribution in [3.63, 3.8) is 0 Å². The molecule has 0 aromatic carbocycles. The van der Waals surface area contributed by atoms with E-state index in [1.807, 2.05) is 0 Å². The van der Waals surface area contributed by atoms with Crippen molar-refractivity contribution in [1.82, 2.24) is 4.90 Å². The van der Waals surface area contributed by atoms with Crippen LogP contribution in [0.4, 0.5) is 0 Å². The molecule has 4 atom stereocenters. The van der Waals surface area contributed by atoms with Gasteiger partial charge in [-0.3, -0.25) is 0 Å². The molecule has 2 bridgehead atoms. The zero-order valence-corrected chi connectivity index (χ0v) is 9.52. The van der Waals surface area contributed by atoms with Gasteiger partial charge in [-0.05, 0) is 44.1 Å². The van der Waals surface area contributed by atoms with Gasteiger partial charge in [0.1, 0.15) is 6.04 Å². The molecule has 0 amide bonds. The smallest absolute Gasteiger partial charge is 0.106 e. The maximum absolute atomic E-state index is 8.65. The predicted octanol–water partition coefficient (Wildman–Crippen LogP) is 1.21. The number of nitriles is 1. The van der Waals surface area contributed by atoms with Crippen LogP contribution in [0.3, 0.4) is 0 Å². The molecule has 2 N–H and O–H groups in total. The first-order chi connectivity index (χ1) is 7.19. The molecular formula is C12H21N3. The molecule has 0 spiro atoms. The molecule has 2 saturated carbocycles. The van der Waals surface area contributed by atoms with E-state index < -0.39 is 0 Å². The zero-order chi connectivity index (χ0) is 10.8. The third-order valence-electron chi connectivity index (χ3n) is 4.10. The molecule has 3 nitrogen and oxygen atoms in total. The first-order valence-electron chi connectivity index (χ1n) is 6.02. The molecule has 2 aliphatic rings. The van der Waals surface area contributed by atoms with Gasteiger partial charge in [-0.2, -0.15) is 5.26 Å². The lowest BCUT2D eigenvalue weighted by molar-refractivity contribution is 0.217. The average molecular weight is 207 g/mol. The molecule has 0 aliphatic heterocycles. The average Bonchev–Trinajstić information content (AvgIpc) is 2.78. The van der Waals surface area contributed by atoms with Crippen LogP contribution in [-0.2, 0) is 0 Å². The van der Waals surface area contributed by atoms with Crippen LogP contribution in [0.25, 0.3) is 0 Å². The first-order valence-corrected chi connectivity index (χ1v) is 6.02. The van der Waals surface area contributed by atoms with E-state index in [1.54, 1.807) is 0 Å². The number of hydrogen-bond donors (Lipinski definition) is 1. The van der Waals surface area contributed by atoms with Gasteiger partial charge < -0.3 is 10.6 Å². The standard InChI is InChI=1S/C12H21N3/c1-15(8-12(14)6-13)7-11-5-9-2-3-10(11)4-9/h9-12H,2-5,7-8,14H2,1H3. The zero-order valence-electron chi connectivity index (χ0n) is 9.52. The minimum absolute atomic E-state index is 0.325. The molecule has 2 rings (SSSR count). The van der Waals surface area contributed by atoms with Crippen LogP contribution in [-0.4, -0.2) is 31.1 Å². The molecule has 2 aliphatic carbocycles. The Labute approximate surface area is 92.2 Å². The normalized spacial score (nSPS) is 35.7. The second kappa shape index (κ2) is 4.51. The van der Waals surface area contributed by atoms with E-state index in [0.29, 0.717) is 6.54 Å². The Morgan fingerprint density at radius 3 is 2.80 bits per heavy atom. The van der Waals surface area contributed by atoms with E-state index in [-0.39, 0.29) is 6.04 Å². The summed E-state index contributed by atoms with van der Waals surface area (Å²) in [6.07, 6.45) is 5.77. The number of rotatable bonds is 4. The second-order valence-corrected chi connectivity index (χ2v) is 5.39. The summed E-state index contributed by atoms with van der Waals surface area (Å²) in [7, 11) is 2.09. The summed E-state index contributed by atoms with van der Waals surface area (Å²) >= 11 is 0. The largest absolute Gasteiger partial charge is 0.315 e. The van der Waals surface area contributed by atoms with Crippen LogP contribution in [0.15, 0.2) is 0 Å². The maximum Gasteiger partial charge on any atom is 0.106 e. The van der Waals surface area contributed by atoms with Crippen molar-refractivity contribution < 1.29 is 0 Å². The minimum atomic E-state index is -0.325. The van der Waals surface area contributed by atoms with Crippen molar-refractivity contribution in [3.05, 3.63) is 0 Å². The molecule has 0 aromatic rings. The lowest BCUT2D eigenvalue weighted by Crippen LogP contribution is -2.37. The van der Waals surface area contributed by atoms with Crippen molar-refractivity contribution in [3.8, 4) is 6.07 Å². The Kier molecular flexibility index (Phi) is 3.28. The van der Waals surface area contributed by atoms with Gasteiger partial charge in [0, 0.05) is 13.1 Å². The molecule has 2 fully saturated rings. The highest BCUT2D eigenvalue weighted by Gasteiger charge is 2.39. The van der Waals surface area contributed by atoms with Crippen LogP contribution in [0.1, 0.15) is 25.7 Å². The number of nitrogens with zero attached hydrogens (tertiary/aromatic N) is 2. The van der Waals surface area contributed by atoms with E-state index in [0.717, 1.165) is 24.3 Å². The molecule has 0 radical (unpaired) electrons. The molecule has 0 aromatic heterocycles. The van der Waals surface area contributed by atoms with Gasteiger partial charge in [0.05, 0.1) is 6.07 Å². The summed E-state index contributed by atoms with van der Waals surface area (Å²) in [4.78, 5) is 2.24. The Morgan fingerprint density at radius 1 is 1.47 bits per heavy atom. The van der Waals surface area contributed by atoms with Crippen molar-refractivity contribution in [1.29, 1.82) is 5.26 Å². The van der Waals surface area contributed by atoms with Gasteiger partial charge in [-0.15, -0.1) is 0 Å². The van der Waals surface area contributed by atoms with Crippen LogP contribution >= 0.6 is 0 Å². The molecule has 4 unspecified atom stereocenters. The van der Waals surface area contributed by atoms with Gasteiger partial charge in [-0.1, -0.05) is 6.42 Å². The number of hydrogen-bond acceptors (Lipinski definition) is 3. The van der Waals surface area contributed by atoms with Crippen LogP contribution in [0, 0.1) is 29.1 Å². The molecule has 3 heteroatoms. The Hall–Kier alpha value is -0.590. The van der Waals surface area contributed by atoms with Gasteiger partial charge in [0.15, 0.2) is 0 Å². The first kappa shape index (κ1) is 10.9. The second-order valence-electron chi connectivity index (χ2n) is 5.39.